The summed E-state index contributed by atoms with van der Waals surface area (Å²) in [6.07, 6.45) is 3.02. The minimum atomic E-state index is -0.132. The predicted octanol–water partition coefficient (Wildman–Crippen LogP) is 3.74. The van der Waals surface area contributed by atoms with Crippen molar-refractivity contribution in [3.05, 3.63) is 29.1 Å². The molecule has 2 unspecified atom stereocenters. The first-order chi connectivity index (χ1) is 7.53. The van der Waals surface area contributed by atoms with Gasteiger partial charge in [0.25, 0.3) is 0 Å². The number of hydrogen-bond acceptors (Lipinski definition) is 2. The zero-order valence-electron chi connectivity index (χ0n) is 10.9. The van der Waals surface area contributed by atoms with Crippen molar-refractivity contribution in [3.8, 4) is 0 Å². The Balaban J connectivity index is 2.65. The molecule has 0 saturated heterocycles. The second kappa shape index (κ2) is 3.85. The Hall–Kier alpha value is -0.890. The van der Waals surface area contributed by atoms with E-state index in [2.05, 4.69) is 45.7 Å². The van der Waals surface area contributed by atoms with Gasteiger partial charge in [-0.05, 0) is 37.8 Å². The Morgan fingerprint density at radius 3 is 2.75 bits per heavy atom. The van der Waals surface area contributed by atoms with E-state index in [0.29, 0.717) is 5.92 Å². The minimum Gasteiger partial charge on any atom is -0.361 e. The number of hydrogen-bond donors (Lipinski definition) is 0. The fraction of sp³-hybridized carbons (Fsp3) is 0.643. The average Bonchev–Trinajstić information content (AvgIpc) is 2.55. The normalized spacial score (nSPS) is 28.5. The Bertz CT molecular complexity index is 400. The lowest BCUT2D eigenvalue weighted by Gasteiger charge is -2.34. The third kappa shape index (κ3) is 1.40. The highest BCUT2D eigenvalue weighted by Crippen LogP contribution is 2.49. The van der Waals surface area contributed by atoms with E-state index in [1.807, 2.05) is 6.20 Å². The highest BCUT2D eigenvalue weighted by atomic mass is 16.5. The van der Waals surface area contributed by atoms with Crippen LogP contribution >= 0.6 is 0 Å². The molecule has 1 aromatic heterocycles. The van der Waals surface area contributed by atoms with Gasteiger partial charge >= 0.3 is 0 Å². The summed E-state index contributed by atoms with van der Waals surface area (Å²) in [5.74, 6) is 0.476. The minimum absolute atomic E-state index is 0.122. The van der Waals surface area contributed by atoms with Gasteiger partial charge in [0.05, 0.1) is 17.4 Å². The Kier molecular flexibility index (Phi) is 2.79. The molecular weight excluding hydrogens is 198 g/mol. The lowest BCUT2D eigenvalue weighted by atomic mass is 9.80. The first-order valence-electron chi connectivity index (χ1n) is 6.16. The lowest BCUT2D eigenvalue weighted by molar-refractivity contribution is -0.103. The van der Waals surface area contributed by atoms with Gasteiger partial charge < -0.3 is 4.74 Å². The largest absolute Gasteiger partial charge is 0.361 e. The summed E-state index contributed by atoms with van der Waals surface area (Å²) in [5, 5.41) is 0. The fourth-order valence-electron chi connectivity index (χ4n) is 2.96. The van der Waals surface area contributed by atoms with Crippen LogP contribution in [0.25, 0.3) is 0 Å². The Labute approximate surface area is 98.0 Å². The van der Waals surface area contributed by atoms with Crippen molar-refractivity contribution in [1.29, 1.82) is 0 Å². The molecule has 88 valence electrons. The van der Waals surface area contributed by atoms with Crippen LogP contribution in [0.1, 0.15) is 57.0 Å². The number of ether oxygens (including phenoxy) is 1. The molecule has 2 atom stereocenters. The topological polar surface area (TPSA) is 22.1 Å². The van der Waals surface area contributed by atoms with Crippen LogP contribution in [0.4, 0.5) is 0 Å². The van der Waals surface area contributed by atoms with Gasteiger partial charge in [0.2, 0.25) is 0 Å². The highest BCUT2D eigenvalue weighted by molar-refractivity contribution is 5.39. The smallest absolute Gasteiger partial charge is 0.0982 e. The summed E-state index contributed by atoms with van der Waals surface area (Å²) in [6, 6.07) is 2.09. The van der Waals surface area contributed by atoms with Crippen molar-refractivity contribution in [3.63, 3.8) is 0 Å². The fourth-order valence-corrected chi connectivity index (χ4v) is 2.96. The van der Waals surface area contributed by atoms with Crippen molar-refractivity contribution in [2.45, 2.75) is 52.7 Å². The predicted molar refractivity (Wildman–Crippen MR) is 65.3 cm³/mol. The molecule has 2 heterocycles. The van der Waals surface area contributed by atoms with E-state index in [1.165, 1.54) is 11.1 Å². The third-order valence-corrected chi connectivity index (χ3v) is 3.84. The average molecular weight is 219 g/mol. The van der Waals surface area contributed by atoms with Gasteiger partial charge in [-0.3, -0.25) is 4.98 Å². The first-order valence-corrected chi connectivity index (χ1v) is 6.16. The standard InChI is InChI=1S/C14H21NO/c1-6-14(9(2)3)12-10(4)7-8-15-13(12)11(5)16-14/h7-9,11H,6H2,1-5H3. The number of nitrogens with zero attached hydrogens (tertiary/aromatic N) is 1. The van der Waals surface area contributed by atoms with Crippen molar-refractivity contribution in [2.24, 2.45) is 5.92 Å². The summed E-state index contributed by atoms with van der Waals surface area (Å²) in [4.78, 5) is 4.50. The van der Waals surface area contributed by atoms with Crippen LogP contribution in [0.2, 0.25) is 0 Å². The van der Waals surface area contributed by atoms with Gasteiger partial charge in [-0.1, -0.05) is 20.8 Å². The molecule has 2 nitrogen and oxygen atoms in total. The molecule has 0 amide bonds. The number of aryl methyl sites for hydroxylation is 1. The Morgan fingerprint density at radius 1 is 1.50 bits per heavy atom. The molecule has 0 aliphatic carbocycles. The molecule has 0 radical (unpaired) electrons. The second-order valence-corrected chi connectivity index (χ2v) is 5.05. The molecule has 0 bridgehead atoms. The maximum absolute atomic E-state index is 6.25. The van der Waals surface area contributed by atoms with Gasteiger partial charge in [0, 0.05) is 11.8 Å². The number of rotatable bonds is 2. The van der Waals surface area contributed by atoms with E-state index in [1.54, 1.807) is 0 Å². The van der Waals surface area contributed by atoms with E-state index in [0.717, 1.165) is 12.1 Å². The van der Waals surface area contributed by atoms with E-state index < -0.39 is 0 Å². The number of pyridine rings is 1. The maximum atomic E-state index is 6.25. The zero-order valence-corrected chi connectivity index (χ0v) is 10.9. The SMILES string of the molecule is CCC1(C(C)C)OC(C)c2nccc(C)c21. The van der Waals surface area contributed by atoms with E-state index in [4.69, 9.17) is 4.74 Å². The summed E-state index contributed by atoms with van der Waals surface area (Å²) < 4.78 is 6.25. The van der Waals surface area contributed by atoms with Gasteiger partial charge in [-0.15, -0.1) is 0 Å². The second-order valence-electron chi connectivity index (χ2n) is 5.05. The summed E-state index contributed by atoms with van der Waals surface area (Å²) >= 11 is 0. The van der Waals surface area contributed by atoms with Crippen LogP contribution < -0.4 is 0 Å². The summed E-state index contributed by atoms with van der Waals surface area (Å²) in [6.45, 7) is 10.9. The zero-order chi connectivity index (χ0) is 11.9. The molecule has 0 N–H and O–H groups in total. The van der Waals surface area contributed by atoms with Crippen molar-refractivity contribution in [1.82, 2.24) is 4.98 Å². The van der Waals surface area contributed by atoms with Crippen LogP contribution in [-0.2, 0) is 10.3 Å². The molecule has 16 heavy (non-hydrogen) atoms. The molecule has 1 aliphatic rings. The van der Waals surface area contributed by atoms with Gasteiger partial charge in [0.1, 0.15) is 0 Å². The monoisotopic (exact) mass is 219 g/mol. The van der Waals surface area contributed by atoms with Crippen molar-refractivity contribution in [2.75, 3.05) is 0 Å². The number of aromatic nitrogens is 1. The van der Waals surface area contributed by atoms with Gasteiger partial charge in [-0.2, -0.15) is 0 Å². The molecule has 1 aromatic rings. The molecule has 2 heteroatoms. The quantitative estimate of drug-likeness (QED) is 0.756. The third-order valence-electron chi connectivity index (χ3n) is 3.84. The Morgan fingerprint density at radius 2 is 2.19 bits per heavy atom. The van der Waals surface area contributed by atoms with E-state index >= 15 is 0 Å². The van der Waals surface area contributed by atoms with Crippen molar-refractivity contribution >= 4 is 0 Å². The molecule has 2 rings (SSSR count). The molecule has 0 fully saturated rings. The molecule has 0 aromatic carbocycles. The van der Waals surface area contributed by atoms with Crippen LogP contribution in [-0.4, -0.2) is 4.98 Å². The molecule has 1 aliphatic heterocycles. The highest BCUT2D eigenvalue weighted by Gasteiger charge is 2.46. The van der Waals surface area contributed by atoms with E-state index in [-0.39, 0.29) is 11.7 Å². The molecular formula is C14H21NO. The molecule has 0 saturated carbocycles. The summed E-state index contributed by atoms with van der Waals surface area (Å²) in [5.41, 5.74) is 3.65. The van der Waals surface area contributed by atoms with Gasteiger partial charge in [-0.25, -0.2) is 0 Å². The van der Waals surface area contributed by atoms with Gasteiger partial charge in [0.15, 0.2) is 0 Å². The van der Waals surface area contributed by atoms with Crippen LogP contribution in [0.5, 0.6) is 0 Å². The van der Waals surface area contributed by atoms with Crippen LogP contribution in [0, 0.1) is 12.8 Å². The summed E-state index contributed by atoms with van der Waals surface area (Å²) in [7, 11) is 0. The van der Waals surface area contributed by atoms with Crippen molar-refractivity contribution < 1.29 is 4.74 Å². The van der Waals surface area contributed by atoms with E-state index in [9.17, 15) is 0 Å². The first kappa shape index (κ1) is 11.6. The maximum Gasteiger partial charge on any atom is 0.0982 e. The lowest BCUT2D eigenvalue weighted by Crippen LogP contribution is -2.32. The number of fused-ring (bicyclic) bond motifs is 1. The van der Waals surface area contributed by atoms with Crippen LogP contribution in [0.15, 0.2) is 12.3 Å². The molecule has 0 spiro atoms. The van der Waals surface area contributed by atoms with Crippen LogP contribution in [0.3, 0.4) is 0 Å².